The summed E-state index contributed by atoms with van der Waals surface area (Å²) in [5.41, 5.74) is 5.19. The van der Waals surface area contributed by atoms with Crippen LogP contribution in [0.25, 0.3) is 0 Å². The number of ketones is 4. The summed E-state index contributed by atoms with van der Waals surface area (Å²) >= 11 is 1.92. The van der Waals surface area contributed by atoms with Gasteiger partial charge in [0.15, 0.2) is 11.4 Å². The molecule has 8 N–H and O–H groups in total. The minimum atomic E-state index is -0.862. The molecule has 0 aliphatic carbocycles. The zero-order valence-electron chi connectivity index (χ0n) is 63.3. The second kappa shape index (κ2) is 57.7. The Kier molecular flexibility index (Phi) is 50.0. The first-order chi connectivity index (χ1) is 51.3. The predicted octanol–water partition coefficient (Wildman–Crippen LogP) is 6.94. The highest BCUT2D eigenvalue weighted by molar-refractivity contribution is 8.00. The molecule has 5 unspecified atom stereocenters. The zero-order valence-corrected chi connectivity index (χ0v) is 64.1. The molecule has 30 heteroatoms. The molecular formula is C76H126N10O19S. The molecule has 0 spiro atoms. The fourth-order valence-corrected chi connectivity index (χ4v) is 14.0. The maximum Gasteiger partial charge on any atom is 0.253 e. The molecule has 600 valence electrons. The maximum atomic E-state index is 13.5. The number of fused-ring (bicyclic) bond motifs is 1. The number of imide groups is 1. The van der Waals surface area contributed by atoms with E-state index >= 15 is 0 Å². The first-order valence-electron chi connectivity index (χ1n) is 39.4. The van der Waals surface area contributed by atoms with Crippen molar-refractivity contribution in [3.63, 3.8) is 0 Å². The molecule has 29 nitrogen and oxygen atoms in total. The number of nitrogens with zero attached hydrogens (tertiary/aromatic N) is 3. The zero-order chi connectivity index (χ0) is 76.7. The van der Waals surface area contributed by atoms with Crippen molar-refractivity contribution in [3.8, 4) is 0 Å². The van der Waals surface area contributed by atoms with Crippen LogP contribution in [0.2, 0.25) is 0 Å². The first-order valence-corrected chi connectivity index (χ1v) is 40.5. The molecule has 2 fully saturated rings. The van der Waals surface area contributed by atoms with Crippen LogP contribution in [0.5, 0.6) is 0 Å². The van der Waals surface area contributed by atoms with E-state index in [4.69, 9.17) is 34.2 Å². The van der Waals surface area contributed by atoms with Crippen LogP contribution in [0.3, 0.4) is 0 Å². The minimum Gasteiger partial charge on any atom is -0.379 e. The summed E-state index contributed by atoms with van der Waals surface area (Å²) in [6.45, 7) is 8.48. The summed E-state index contributed by atoms with van der Waals surface area (Å²) in [5, 5.41) is 25.7. The predicted molar refractivity (Wildman–Crippen MR) is 399 cm³/mol. The van der Waals surface area contributed by atoms with Crippen LogP contribution in [0.1, 0.15) is 244 Å². The number of Topliss-reactive ketones (excluding diaryl/α,β-unsaturated/α-hetero) is 4. The van der Waals surface area contributed by atoms with Gasteiger partial charge in [-0.15, -0.1) is 0 Å². The van der Waals surface area contributed by atoms with Crippen molar-refractivity contribution in [2.45, 2.75) is 274 Å². The van der Waals surface area contributed by atoms with Gasteiger partial charge < -0.3 is 66.1 Å². The Morgan fingerprint density at radius 2 is 0.887 bits per heavy atom. The van der Waals surface area contributed by atoms with E-state index in [0.29, 0.717) is 271 Å². The van der Waals surface area contributed by atoms with E-state index in [-0.39, 0.29) is 108 Å². The highest BCUT2D eigenvalue weighted by atomic mass is 32.2. The first kappa shape index (κ1) is 91.9. The molecule has 0 bridgehead atoms. The summed E-state index contributed by atoms with van der Waals surface area (Å²) in [6.07, 6.45) is 22.4. The largest absolute Gasteiger partial charge is 0.379 e. The Morgan fingerprint density at radius 3 is 1.39 bits per heavy atom. The lowest BCUT2D eigenvalue weighted by molar-refractivity contribution is -0.137. The Hall–Kier alpha value is -6.44. The van der Waals surface area contributed by atoms with Crippen LogP contribution < -0.4 is 37.6 Å². The van der Waals surface area contributed by atoms with Gasteiger partial charge in [-0.25, -0.2) is 0 Å². The summed E-state index contributed by atoms with van der Waals surface area (Å²) in [5.74, 6) is -0.547. The van der Waals surface area contributed by atoms with Crippen molar-refractivity contribution < 1.29 is 90.8 Å². The van der Waals surface area contributed by atoms with E-state index < -0.39 is 23.9 Å². The van der Waals surface area contributed by atoms with E-state index in [1.54, 1.807) is 0 Å². The molecule has 4 aliphatic heterocycles. The van der Waals surface area contributed by atoms with Gasteiger partial charge >= 0.3 is 0 Å². The molecule has 0 aromatic heterocycles. The molecule has 4 heterocycles. The smallest absolute Gasteiger partial charge is 0.253 e. The molecule has 9 amide bonds. The SMILES string of the molecule is CC1(CCC(=O)CCCCCCC(=O)NCCCCC(NC(=O)CCC(=O)CCCCOCCOCCOCCCNC(=O)CCCCCN2C(=O)C=CC2=O)C(=O)CCCCOCCOCCOCCCCC(=O)CCC(=O)NC(CCCCNC(=O)CCCCC2SCC3CC(=O)NC32)C(N)=O)N=N1. The third-order valence-corrected chi connectivity index (χ3v) is 20.4. The van der Waals surface area contributed by atoms with Crippen molar-refractivity contribution in [3.05, 3.63) is 12.2 Å². The van der Waals surface area contributed by atoms with Gasteiger partial charge in [0.2, 0.25) is 41.4 Å². The number of thioether (sulfide) groups is 1. The van der Waals surface area contributed by atoms with Crippen LogP contribution in [-0.2, 0) is 90.8 Å². The number of primary amides is 1. The van der Waals surface area contributed by atoms with E-state index in [9.17, 15) is 62.3 Å². The molecule has 0 saturated carbocycles. The van der Waals surface area contributed by atoms with Crippen LogP contribution >= 0.6 is 11.8 Å². The lowest BCUT2D eigenvalue weighted by Crippen LogP contribution is -2.44. The molecule has 0 aromatic rings. The standard InChI is InChI=1S/C76H126N10O19S/c1-76(84-85-76)39-38-61(89)22-5-2-3-6-29-66(91)78-40-15-10-25-62(81-69(94)34-32-59(87)23-12-18-44-101-49-53-105-55-51-103-47-21-42-80-67(92)30-7-4-17-43-86-72(97)36-37-73(86)98)64(90)27-14-20-46-102-50-54-104-52-48-100-45-19-13-24-60(88)33-35-70(95)82-63(75(77)99)26-11-16-41-79-68(93)31-9-8-28-65-74-58(57-106-65)56-71(96)83-74/h36-37,58,62-63,65,74H,2-35,38-57H2,1H3,(H2,77,99)(H,78,91)(H,79,93)(H,80,92)(H,81,94)(H,82,95)(H,83,96). The Balaban J connectivity index is 0.959. The quantitative estimate of drug-likeness (QED) is 0.0239. The average molecular weight is 1520 g/mol. The number of carbonyl (C=O) groups excluding carboxylic acids is 13. The molecule has 0 radical (unpaired) electrons. The number of carbonyl (C=O) groups is 13. The van der Waals surface area contributed by atoms with Gasteiger partial charge in [-0.05, 0) is 141 Å². The summed E-state index contributed by atoms with van der Waals surface area (Å²) in [7, 11) is 0. The number of rotatable bonds is 72. The molecule has 106 heavy (non-hydrogen) atoms. The number of unbranched alkanes of at least 4 members (excludes halogenated alkanes) is 11. The van der Waals surface area contributed by atoms with Crippen molar-refractivity contribution >= 4 is 88.1 Å². The van der Waals surface area contributed by atoms with Gasteiger partial charge in [0.1, 0.15) is 23.4 Å². The van der Waals surface area contributed by atoms with Gasteiger partial charge in [-0.1, -0.05) is 25.7 Å². The highest BCUT2D eigenvalue weighted by Crippen LogP contribution is 2.39. The van der Waals surface area contributed by atoms with Crippen LogP contribution in [0.15, 0.2) is 22.4 Å². The Labute approximate surface area is 631 Å². The van der Waals surface area contributed by atoms with Gasteiger partial charge in [0, 0.05) is 166 Å². The monoisotopic (exact) mass is 1510 g/mol. The third kappa shape index (κ3) is 46.0. The maximum absolute atomic E-state index is 13.5. The van der Waals surface area contributed by atoms with Crippen LogP contribution in [0, 0.1) is 5.92 Å². The molecular weight excluding hydrogens is 1390 g/mol. The normalized spacial score (nSPS) is 16.7. The van der Waals surface area contributed by atoms with Crippen molar-refractivity contribution in [1.29, 1.82) is 0 Å². The number of amides is 9. The Morgan fingerprint density at radius 1 is 0.472 bits per heavy atom. The van der Waals surface area contributed by atoms with Crippen molar-refractivity contribution in [2.24, 2.45) is 21.9 Å². The minimum absolute atomic E-state index is 0.0236. The third-order valence-electron chi connectivity index (χ3n) is 18.8. The van der Waals surface area contributed by atoms with Crippen molar-refractivity contribution in [1.82, 2.24) is 36.8 Å². The second-order valence-corrected chi connectivity index (χ2v) is 29.4. The highest BCUT2D eigenvalue weighted by Gasteiger charge is 2.43. The van der Waals surface area contributed by atoms with Gasteiger partial charge in [-0.2, -0.15) is 22.0 Å². The average Bonchev–Trinajstić information content (AvgIpc) is 1.63. The number of nitrogens with two attached hydrogens (primary N) is 1. The van der Waals surface area contributed by atoms with Crippen molar-refractivity contribution in [2.75, 3.05) is 111 Å². The number of nitrogens with one attached hydrogen (secondary N) is 6. The van der Waals surface area contributed by atoms with Gasteiger partial charge in [-0.3, -0.25) is 67.2 Å². The van der Waals surface area contributed by atoms with E-state index in [2.05, 4.69) is 42.1 Å². The van der Waals surface area contributed by atoms with E-state index in [0.717, 1.165) is 57.1 Å². The van der Waals surface area contributed by atoms with Gasteiger partial charge in [0.25, 0.3) is 11.8 Å². The molecule has 0 aromatic carbocycles. The lowest BCUT2D eigenvalue weighted by Gasteiger charge is -2.18. The number of hydrogen-bond acceptors (Lipinski definition) is 22. The number of ether oxygens (including phenoxy) is 6. The fourth-order valence-electron chi connectivity index (χ4n) is 12.3. The summed E-state index contributed by atoms with van der Waals surface area (Å²) < 4.78 is 33.8. The molecule has 4 aliphatic rings. The molecule has 4 rings (SSSR count). The summed E-state index contributed by atoms with van der Waals surface area (Å²) in [6, 6.07) is -1.33. The fraction of sp³-hybridized carbons (Fsp3) is 0.803. The van der Waals surface area contributed by atoms with Crippen LogP contribution in [0.4, 0.5) is 0 Å². The van der Waals surface area contributed by atoms with Gasteiger partial charge in [0.05, 0.1) is 58.9 Å². The van der Waals surface area contributed by atoms with E-state index in [1.807, 2.05) is 18.7 Å². The number of hydrogen-bond donors (Lipinski definition) is 7. The van der Waals surface area contributed by atoms with E-state index in [1.165, 1.54) is 17.1 Å². The lowest BCUT2D eigenvalue weighted by atomic mass is 9.97. The second-order valence-electron chi connectivity index (χ2n) is 28.1. The molecule has 5 atom stereocenters. The van der Waals surface area contributed by atoms with Crippen LogP contribution in [-0.4, -0.2) is 221 Å². The summed E-state index contributed by atoms with van der Waals surface area (Å²) in [4.78, 5) is 162. The topological polar surface area (TPSA) is 403 Å². The Bertz CT molecular complexity index is 2720. The molecule has 2 saturated heterocycles.